The number of nitrogens with zero attached hydrogens (tertiary/aromatic N) is 10. The molecule has 0 aliphatic carbocycles. The van der Waals surface area contributed by atoms with Gasteiger partial charge in [0.25, 0.3) is 0 Å². The molecule has 0 radical (unpaired) electrons. The minimum Gasteiger partial charge on any atom is -0.628 e. The molecule has 8 bridgehead atoms. The zero-order chi connectivity index (χ0) is 67.7. The van der Waals surface area contributed by atoms with E-state index in [1.807, 2.05) is 282 Å². The van der Waals surface area contributed by atoms with E-state index in [4.69, 9.17) is 19.9 Å². The fourth-order valence-electron chi connectivity index (χ4n) is 9.65. The zero-order valence-electron chi connectivity index (χ0n) is 56.5. The van der Waals surface area contributed by atoms with E-state index in [2.05, 4.69) is 36.2 Å². The minimum atomic E-state index is -0.703. The van der Waals surface area contributed by atoms with Crippen molar-refractivity contribution in [2.75, 3.05) is 21.3 Å². The third kappa shape index (κ3) is 17.4. The van der Waals surface area contributed by atoms with Crippen LogP contribution in [0.3, 0.4) is 0 Å². The van der Waals surface area contributed by atoms with Crippen molar-refractivity contribution in [3.05, 3.63) is 293 Å². The summed E-state index contributed by atoms with van der Waals surface area (Å²) in [7, 11) is 5.81. The summed E-state index contributed by atoms with van der Waals surface area (Å²) in [5.41, 5.74) is 6.75. The number of benzene rings is 4. The Labute approximate surface area is 568 Å². The van der Waals surface area contributed by atoms with Crippen molar-refractivity contribution in [2.45, 2.75) is 83.1 Å². The average Bonchev–Trinajstić information content (AvgIpc) is 1.64. The molecule has 0 spiro atoms. The van der Waals surface area contributed by atoms with Crippen LogP contribution in [0.5, 0.6) is 0 Å². The molecule has 95 heavy (non-hydrogen) atoms. The van der Waals surface area contributed by atoms with E-state index in [9.17, 15) is 19.2 Å². The number of imidazole rings is 3. The summed E-state index contributed by atoms with van der Waals surface area (Å²) in [4.78, 5) is 88.4. The predicted molar refractivity (Wildman–Crippen MR) is 369 cm³/mol. The molecule has 12 rings (SSSR count). The number of carbonyl (C=O) groups is 4. The first kappa shape index (κ1) is 70.4. The van der Waals surface area contributed by atoms with Gasteiger partial charge < -0.3 is 33.6 Å². The van der Waals surface area contributed by atoms with Crippen LogP contribution in [0.2, 0.25) is 0 Å². The molecule has 11 aromatic rings. The van der Waals surface area contributed by atoms with Crippen molar-refractivity contribution in [1.29, 1.82) is 0 Å². The summed E-state index contributed by atoms with van der Waals surface area (Å²) in [6.07, 6.45) is 16.2. The SMILES string of the molecule is CC(C)(C)C(=O)Nc1ccccc1[C+]1c2ccc([n-]2)[C+](c2ccccc2NC(=O)C(C)(C)C)c2ccc([n-]2)[C+](c2ccccc2NC(=O)C(C)(C)C)c2ccc([n-]2)[C+](c2ccccc2NC(=O)C(C)(C)C)c2ccc1[n-]2.Cn1ccnc1.Cn1ccnc1.Cn1ccnc1.[Fe]. The molecule has 1 aliphatic heterocycles. The topological polar surface area (TPSA) is 226 Å². The summed E-state index contributed by atoms with van der Waals surface area (Å²) in [5.74, 6) is 1.93. The number of aromatic nitrogens is 10. The van der Waals surface area contributed by atoms with Crippen LogP contribution in [0.25, 0.3) is 0 Å². The Bertz CT molecular complexity index is 3700. The minimum absolute atomic E-state index is 0. The number of para-hydroxylation sites is 4. The molecule has 18 nitrogen and oxygen atoms in total. The molecule has 0 saturated carbocycles. The van der Waals surface area contributed by atoms with Crippen LogP contribution in [0.4, 0.5) is 22.7 Å². The molecule has 19 heteroatoms. The zero-order valence-corrected chi connectivity index (χ0v) is 57.6. The van der Waals surface area contributed by atoms with Gasteiger partial charge in [0.2, 0.25) is 23.6 Å². The number of fused-ring (bicyclic) bond motifs is 8. The van der Waals surface area contributed by atoms with Crippen LogP contribution >= 0.6 is 0 Å². The number of hydrogen-bond donors (Lipinski definition) is 4. The van der Waals surface area contributed by atoms with Gasteiger partial charge in [-0.05, 0) is 118 Å². The Morgan fingerprint density at radius 2 is 0.495 bits per heavy atom. The van der Waals surface area contributed by atoms with Crippen LogP contribution < -0.4 is 41.2 Å². The normalized spacial score (nSPS) is 12.2. The van der Waals surface area contributed by atoms with E-state index < -0.39 is 21.7 Å². The third-order valence-corrected chi connectivity index (χ3v) is 15.0. The largest absolute Gasteiger partial charge is 0.628 e. The maximum atomic E-state index is 13.8. The van der Waals surface area contributed by atoms with E-state index in [-0.39, 0.29) is 40.7 Å². The van der Waals surface area contributed by atoms with Gasteiger partial charge in [-0.25, -0.2) is 15.0 Å². The molecule has 488 valence electrons. The second-order valence-corrected chi connectivity index (χ2v) is 27.0. The Morgan fingerprint density at radius 3 is 0.632 bits per heavy atom. The molecule has 0 saturated heterocycles. The van der Waals surface area contributed by atoms with Gasteiger partial charge in [-0.3, -0.25) is 40.4 Å². The standard InChI is InChI=1S/C64H64N8O4.3C4H6N2.Fe/c1-61(2,3)57(73)69-41-25-17-13-21-37(41)53-45-29-31-47(65-45)54(38-22-14-18-26-42(38)70-58(74)62(4,5)6)49-33-35-51(67-49)56(40-24-16-20-28-44(40)72-60(76)64(10,11)12)52-36-34-50(68-52)55(48-32-30-46(53)66-48)39-23-15-19-27-43(39)71-59(75)63(7,8)9;3*1-6-3-2-5-4-6;/h13-36H,1-12H3,(H,69,73)(H,70,74)(H,71,75)(H,72,76);3*2-4H,1H3;. The van der Waals surface area contributed by atoms with E-state index in [1.54, 1.807) is 37.6 Å². The summed E-state index contributed by atoms with van der Waals surface area (Å²) >= 11 is 0. The molecule has 4 N–H and O–H groups in total. The molecule has 4 aromatic carbocycles. The summed E-state index contributed by atoms with van der Waals surface area (Å²) in [5, 5.41) is 12.8. The maximum Gasteiger partial charge on any atom is 0.236 e. The maximum absolute atomic E-state index is 13.8. The molecule has 4 amide bonds. The van der Waals surface area contributed by atoms with Gasteiger partial charge in [0.15, 0.2) is 0 Å². The summed E-state index contributed by atoms with van der Waals surface area (Å²) in [6, 6.07) is 46.1. The van der Waals surface area contributed by atoms with E-state index in [0.29, 0.717) is 114 Å². The molecule has 0 fully saturated rings. The van der Waals surface area contributed by atoms with E-state index in [1.165, 1.54) is 0 Å². The van der Waals surface area contributed by atoms with Crippen molar-refractivity contribution in [3.8, 4) is 0 Å². The van der Waals surface area contributed by atoms with Crippen molar-refractivity contribution in [2.24, 2.45) is 42.8 Å². The first-order valence-corrected chi connectivity index (χ1v) is 31.0. The van der Waals surface area contributed by atoms with Gasteiger partial charge in [-0.2, -0.15) is 0 Å². The van der Waals surface area contributed by atoms with Crippen LogP contribution in [0.1, 0.15) is 151 Å². The number of rotatable bonds is 8. The van der Waals surface area contributed by atoms with Gasteiger partial charge in [0.05, 0.1) is 19.0 Å². The smallest absolute Gasteiger partial charge is 0.236 e. The molecular weight excluding hydrogens is 1230 g/mol. The van der Waals surface area contributed by atoms with Crippen LogP contribution in [-0.2, 0) is 57.4 Å². The molecule has 0 unspecified atom stereocenters. The second kappa shape index (κ2) is 29.6. The Balaban J connectivity index is 0.000000524. The number of aryl methyl sites for hydroxylation is 3. The van der Waals surface area contributed by atoms with Gasteiger partial charge in [-0.15, -0.1) is 0 Å². The number of carbonyl (C=O) groups excluding carboxylic acids is 4. The molecule has 0 atom stereocenters. The second-order valence-electron chi connectivity index (χ2n) is 27.0. The predicted octanol–water partition coefficient (Wildman–Crippen LogP) is 13.1. The van der Waals surface area contributed by atoms with Crippen molar-refractivity contribution in [3.63, 3.8) is 0 Å². The number of nitrogens with one attached hydrogen (secondary N) is 4. The Morgan fingerprint density at radius 1 is 0.316 bits per heavy atom. The summed E-state index contributed by atoms with van der Waals surface area (Å²) < 4.78 is 5.67. The molecule has 7 aromatic heterocycles. The Kier molecular flexibility index (Phi) is 22.0. The Hall–Kier alpha value is -10.5. The first-order valence-electron chi connectivity index (χ1n) is 31.0. The first-order chi connectivity index (χ1) is 44.5. The quantitative estimate of drug-likeness (QED) is 0.0826. The van der Waals surface area contributed by atoms with E-state index in [0.717, 1.165) is 0 Å². The fraction of sp³-hybridized carbons (Fsp3) is 0.250. The fourth-order valence-corrected chi connectivity index (χ4v) is 9.65. The number of hydrogen-bond acceptors (Lipinski definition) is 7. The number of anilines is 4. The van der Waals surface area contributed by atoms with Crippen molar-refractivity contribution >= 4 is 46.4 Å². The van der Waals surface area contributed by atoms with Crippen LogP contribution in [0.15, 0.2) is 202 Å². The summed E-state index contributed by atoms with van der Waals surface area (Å²) in [6.45, 7) is 22.4. The van der Waals surface area contributed by atoms with Gasteiger partial charge in [0, 0.05) is 194 Å². The monoisotopic (exact) mass is 1310 g/mol. The van der Waals surface area contributed by atoms with Gasteiger partial charge in [-0.1, -0.05) is 83.1 Å². The molecule has 1 aliphatic rings. The number of amides is 4. The molecular formula is C76H82FeN14O4. The average molecular weight is 1310 g/mol. The third-order valence-electron chi connectivity index (χ3n) is 15.0. The van der Waals surface area contributed by atoms with Gasteiger partial charge >= 0.3 is 0 Å². The van der Waals surface area contributed by atoms with E-state index >= 15 is 0 Å². The van der Waals surface area contributed by atoms with Crippen LogP contribution in [0, 0.1) is 45.3 Å². The van der Waals surface area contributed by atoms with Gasteiger partial charge in [0.1, 0.15) is 45.0 Å². The van der Waals surface area contributed by atoms with Crippen LogP contribution in [-0.4, -0.2) is 52.3 Å². The van der Waals surface area contributed by atoms with Crippen molar-refractivity contribution in [1.82, 2.24) is 48.6 Å². The van der Waals surface area contributed by atoms with Crippen molar-refractivity contribution < 1.29 is 36.2 Å². The molecule has 8 heterocycles.